The predicted octanol–water partition coefficient (Wildman–Crippen LogP) is 3.16. The van der Waals surface area contributed by atoms with E-state index in [-0.39, 0.29) is 11.6 Å². The first kappa shape index (κ1) is 15.7. The lowest BCUT2D eigenvalue weighted by atomic mass is 10.3. The van der Waals surface area contributed by atoms with Gasteiger partial charge in [0.05, 0.1) is 21.3 Å². The lowest BCUT2D eigenvalue weighted by Gasteiger charge is -1.97. The van der Waals surface area contributed by atoms with Gasteiger partial charge < -0.3 is 5.32 Å². The highest BCUT2D eigenvalue weighted by molar-refractivity contribution is 7.17. The van der Waals surface area contributed by atoms with E-state index >= 15 is 0 Å². The van der Waals surface area contributed by atoms with E-state index in [4.69, 9.17) is 0 Å². The Morgan fingerprint density at radius 2 is 1.91 bits per heavy atom. The van der Waals surface area contributed by atoms with E-state index in [1.165, 1.54) is 22.7 Å². The fourth-order valence-corrected chi connectivity index (χ4v) is 4.16. The first-order chi connectivity index (χ1) is 11.1. The quantitative estimate of drug-likeness (QED) is 0.677. The van der Waals surface area contributed by atoms with Crippen molar-refractivity contribution in [3.05, 3.63) is 27.2 Å². The molecule has 0 saturated carbocycles. The van der Waals surface area contributed by atoms with E-state index in [1.807, 2.05) is 19.2 Å². The summed E-state index contributed by atoms with van der Waals surface area (Å²) < 4.78 is 0. The molecule has 0 aliphatic heterocycles. The van der Waals surface area contributed by atoms with Crippen LogP contribution in [0.4, 0.5) is 10.3 Å². The first-order valence-corrected chi connectivity index (χ1v) is 9.01. The molecule has 3 rings (SSSR count). The second-order valence-electron chi connectivity index (χ2n) is 4.44. The molecule has 0 aromatic carbocycles. The number of anilines is 2. The van der Waals surface area contributed by atoms with E-state index < -0.39 is 0 Å². The number of aryl methyl sites for hydroxylation is 2. The summed E-state index contributed by atoms with van der Waals surface area (Å²) in [4.78, 5) is 36.3. The Hall–Kier alpha value is -2.17. The van der Waals surface area contributed by atoms with Crippen LogP contribution in [-0.4, -0.2) is 27.3 Å². The summed E-state index contributed by atoms with van der Waals surface area (Å²) in [5.74, 6) is -0.363. The number of carbonyl (C=O) groups is 2. The highest BCUT2D eigenvalue weighted by atomic mass is 32.1. The highest BCUT2D eigenvalue weighted by Gasteiger charge is 2.15. The second-order valence-corrected chi connectivity index (χ2v) is 7.36. The highest BCUT2D eigenvalue weighted by Crippen LogP contribution is 2.32. The number of hydrogen-bond acceptors (Lipinski definition) is 8. The zero-order valence-corrected chi connectivity index (χ0v) is 14.6. The van der Waals surface area contributed by atoms with Crippen LogP contribution in [-0.2, 0) is 4.79 Å². The van der Waals surface area contributed by atoms with Crippen LogP contribution >= 0.6 is 34.0 Å². The normalized spacial score (nSPS) is 10.5. The summed E-state index contributed by atoms with van der Waals surface area (Å²) >= 11 is 4.10. The maximum Gasteiger partial charge on any atom is 0.276 e. The van der Waals surface area contributed by atoms with E-state index in [0.717, 1.165) is 21.3 Å². The van der Waals surface area contributed by atoms with Crippen LogP contribution in [0, 0.1) is 13.8 Å². The lowest BCUT2D eigenvalue weighted by molar-refractivity contribution is -0.105. The van der Waals surface area contributed by atoms with Crippen molar-refractivity contribution in [2.24, 2.45) is 0 Å². The van der Waals surface area contributed by atoms with Crippen molar-refractivity contribution < 1.29 is 9.59 Å². The van der Waals surface area contributed by atoms with Crippen molar-refractivity contribution >= 4 is 56.6 Å². The molecule has 10 heteroatoms. The maximum absolute atomic E-state index is 12.1. The van der Waals surface area contributed by atoms with Crippen LogP contribution in [0.5, 0.6) is 0 Å². The third-order valence-corrected chi connectivity index (χ3v) is 5.41. The van der Waals surface area contributed by atoms with Gasteiger partial charge in [0.15, 0.2) is 10.3 Å². The van der Waals surface area contributed by atoms with Crippen LogP contribution in [0.2, 0.25) is 0 Å². The summed E-state index contributed by atoms with van der Waals surface area (Å²) in [5.41, 5.74) is 1.97. The van der Waals surface area contributed by atoms with Gasteiger partial charge in [-0.2, -0.15) is 0 Å². The zero-order valence-electron chi connectivity index (χ0n) is 12.1. The van der Waals surface area contributed by atoms with Gasteiger partial charge in [-0.05, 0) is 13.8 Å². The average Bonchev–Trinajstić information content (AvgIpc) is 3.20. The molecule has 2 N–H and O–H groups in total. The van der Waals surface area contributed by atoms with E-state index in [1.54, 1.807) is 16.7 Å². The Morgan fingerprint density at radius 3 is 2.61 bits per heavy atom. The Labute approximate surface area is 143 Å². The Balaban J connectivity index is 1.74. The van der Waals surface area contributed by atoms with Crippen LogP contribution in [0.1, 0.15) is 21.2 Å². The van der Waals surface area contributed by atoms with Crippen molar-refractivity contribution in [1.29, 1.82) is 0 Å². The first-order valence-electron chi connectivity index (χ1n) is 6.44. The number of rotatable bonds is 5. The summed E-state index contributed by atoms with van der Waals surface area (Å²) in [6.45, 7) is 3.89. The minimum atomic E-state index is -0.363. The predicted molar refractivity (Wildman–Crippen MR) is 92.4 cm³/mol. The van der Waals surface area contributed by atoms with Gasteiger partial charge in [0.1, 0.15) is 5.69 Å². The van der Waals surface area contributed by atoms with E-state index in [2.05, 4.69) is 25.6 Å². The molecule has 0 bridgehead atoms. The summed E-state index contributed by atoms with van der Waals surface area (Å²) in [6, 6.07) is 0. The number of nitrogens with zero attached hydrogens (tertiary/aromatic N) is 3. The molecule has 0 fully saturated rings. The van der Waals surface area contributed by atoms with E-state index in [0.29, 0.717) is 16.7 Å². The molecule has 3 aromatic rings. The molecule has 0 saturated heterocycles. The molecule has 0 atom stereocenters. The van der Waals surface area contributed by atoms with Gasteiger partial charge in [-0.25, -0.2) is 15.0 Å². The van der Waals surface area contributed by atoms with E-state index in [9.17, 15) is 9.59 Å². The van der Waals surface area contributed by atoms with Crippen LogP contribution < -0.4 is 10.6 Å². The summed E-state index contributed by atoms with van der Waals surface area (Å²) in [6.07, 6.45) is 0.521. The molecule has 0 unspecified atom stereocenters. The van der Waals surface area contributed by atoms with Gasteiger partial charge in [0, 0.05) is 10.8 Å². The maximum atomic E-state index is 12.1. The van der Waals surface area contributed by atoms with Crippen LogP contribution in [0.15, 0.2) is 10.8 Å². The largest absolute Gasteiger partial charge is 0.305 e. The van der Waals surface area contributed by atoms with Gasteiger partial charge in [-0.1, -0.05) is 0 Å². The lowest BCUT2D eigenvalue weighted by Crippen LogP contribution is -2.12. The van der Waals surface area contributed by atoms with Crippen molar-refractivity contribution in [2.75, 3.05) is 10.6 Å². The molecular formula is C13H11N5O2S3. The molecule has 3 heterocycles. The van der Waals surface area contributed by atoms with Crippen LogP contribution in [0.25, 0.3) is 10.6 Å². The molecule has 0 spiro atoms. The molecule has 0 aliphatic rings. The number of aromatic nitrogens is 3. The minimum absolute atomic E-state index is 0.237. The van der Waals surface area contributed by atoms with Crippen molar-refractivity contribution in [3.8, 4) is 10.6 Å². The Kier molecular flexibility index (Phi) is 4.46. The van der Waals surface area contributed by atoms with Gasteiger partial charge in [0.25, 0.3) is 5.91 Å². The third kappa shape index (κ3) is 3.44. The smallest absolute Gasteiger partial charge is 0.276 e. The fourth-order valence-electron chi connectivity index (χ4n) is 1.86. The molecule has 7 nitrogen and oxygen atoms in total. The summed E-state index contributed by atoms with van der Waals surface area (Å²) in [5, 5.41) is 10.4. The fraction of sp³-hybridized carbons (Fsp3) is 0.154. The van der Waals surface area contributed by atoms with Crippen molar-refractivity contribution in [3.63, 3.8) is 0 Å². The van der Waals surface area contributed by atoms with Crippen molar-refractivity contribution in [2.45, 2.75) is 13.8 Å². The number of nitrogens with one attached hydrogen (secondary N) is 2. The topological polar surface area (TPSA) is 96.9 Å². The second kappa shape index (κ2) is 6.52. The van der Waals surface area contributed by atoms with Gasteiger partial charge in [0.2, 0.25) is 6.41 Å². The Bertz CT molecular complexity index is 867. The molecule has 118 valence electrons. The summed E-state index contributed by atoms with van der Waals surface area (Å²) in [7, 11) is 0. The van der Waals surface area contributed by atoms with Crippen LogP contribution in [0.3, 0.4) is 0 Å². The Morgan fingerprint density at radius 1 is 1.13 bits per heavy atom. The number of hydrogen-bond donors (Lipinski definition) is 2. The SMILES string of the molecule is Cc1nc(C)c(-c2csc(NC(=O)c3csc(NC=O)n3)n2)s1. The monoisotopic (exact) mass is 365 g/mol. The minimum Gasteiger partial charge on any atom is -0.305 e. The average molecular weight is 365 g/mol. The zero-order chi connectivity index (χ0) is 16.4. The number of amides is 2. The molecular weight excluding hydrogens is 354 g/mol. The standard InChI is InChI=1S/C13H11N5O2S3/c1-6-10(23-7(2)15-6)8-3-22-13(16-8)18-11(20)9-4-21-12(17-9)14-5-19/h3-5H,1-2H3,(H,14,17,19)(H,16,18,20). The van der Waals surface area contributed by atoms with Gasteiger partial charge >= 0.3 is 0 Å². The molecule has 0 aliphatic carbocycles. The number of carbonyl (C=O) groups excluding carboxylic acids is 2. The van der Waals surface area contributed by atoms with Gasteiger partial charge in [-0.3, -0.25) is 14.9 Å². The number of thiazole rings is 3. The molecule has 23 heavy (non-hydrogen) atoms. The molecule has 3 aromatic heterocycles. The molecule has 0 radical (unpaired) electrons. The third-order valence-electron chi connectivity index (χ3n) is 2.78. The molecule has 2 amide bonds. The van der Waals surface area contributed by atoms with Gasteiger partial charge in [-0.15, -0.1) is 34.0 Å². The van der Waals surface area contributed by atoms with Crippen molar-refractivity contribution in [1.82, 2.24) is 15.0 Å².